The molecule has 0 aromatic rings. The summed E-state index contributed by atoms with van der Waals surface area (Å²) >= 11 is 0. The van der Waals surface area contributed by atoms with E-state index in [1.807, 2.05) is 0 Å². The van der Waals surface area contributed by atoms with Gasteiger partial charge in [-0.1, -0.05) is 318 Å². The third-order valence-electron chi connectivity index (χ3n) is 16.9. The molecule has 0 fully saturated rings. The first kappa shape index (κ1) is 90.1. The SMILES string of the molecule is CCCCCCCCCC(=O)OC[C@H](COP(=O)(O)OC[C@H](O)COP(=O)(O)OC[C@@H](COC(=O)CCCCCCCCCCCCCC(C)C)OC(=O)CCCCCCCCCCCCCCCCCC(C)C)OC(=O)CCCCCCCCCCCCC(C)C. The maximum absolute atomic E-state index is 13.1. The van der Waals surface area contributed by atoms with Gasteiger partial charge in [-0.3, -0.25) is 37.3 Å². The molecule has 0 aliphatic rings. The second kappa shape index (κ2) is 63.8. The fraction of sp³-hybridized carbons (Fsp3) is 0.945. The van der Waals surface area contributed by atoms with Crippen LogP contribution >= 0.6 is 15.6 Å². The number of phosphoric acid groups is 2. The Morgan fingerprint density at radius 1 is 0.293 bits per heavy atom. The van der Waals surface area contributed by atoms with Gasteiger partial charge in [0.25, 0.3) is 0 Å². The summed E-state index contributed by atoms with van der Waals surface area (Å²) in [6.45, 7) is 11.9. The molecule has 0 aliphatic carbocycles. The summed E-state index contributed by atoms with van der Waals surface area (Å²) in [6, 6.07) is 0. The third kappa shape index (κ3) is 66.7. The van der Waals surface area contributed by atoms with Crippen LogP contribution in [0.25, 0.3) is 0 Å². The van der Waals surface area contributed by atoms with Crippen molar-refractivity contribution in [3.63, 3.8) is 0 Å². The topological polar surface area (TPSA) is 237 Å². The second-order valence-electron chi connectivity index (χ2n) is 27.8. The number of esters is 4. The normalized spacial score (nSPS) is 14.1. The van der Waals surface area contributed by atoms with Gasteiger partial charge in [-0.15, -0.1) is 0 Å². The number of aliphatic hydroxyl groups excluding tert-OH is 1. The molecule has 0 aromatic carbocycles. The average molecular weight is 1350 g/mol. The molecule has 0 spiro atoms. The van der Waals surface area contributed by atoms with E-state index in [-0.39, 0.29) is 25.7 Å². The van der Waals surface area contributed by atoms with E-state index in [0.717, 1.165) is 120 Å². The van der Waals surface area contributed by atoms with Gasteiger partial charge >= 0.3 is 39.5 Å². The lowest BCUT2D eigenvalue weighted by Gasteiger charge is -2.21. The molecule has 546 valence electrons. The van der Waals surface area contributed by atoms with Crippen molar-refractivity contribution in [3.8, 4) is 0 Å². The molecule has 0 saturated carbocycles. The van der Waals surface area contributed by atoms with Crippen molar-refractivity contribution >= 4 is 39.5 Å². The highest BCUT2D eigenvalue weighted by Crippen LogP contribution is 2.45. The minimum atomic E-state index is -4.95. The number of hydrogen-bond donors (Lipinski definition) is 3. The van der Waals surface area contributed by atoms with Gasteiger partial charge in [0.15, 0.2) is 12.2 Å². The maximum atomic E-state index is 13.1. The van der Waals surface area contributed by atoms with Gasteiger partial charge in [-0.25, -0.2) is 9.13 Å². The Balaban J connectivity index is 5.20. The summed E-state index contributed by atoms with van der Waals surface area (Å²) < 4.78 is 68.3. The van der Waals surface area contributed by atoms with Crippen molar-refractivity contribution < 1.29 is 80.2 Å². The first-order chi connectivity index (χ1) is 44.2. The number of carbonyl (C=O) groups excluding carboxylic acids is 4. The Kier molecular flexibility index (Phi) is 62.4. The Bertz CT molecular complexity index is 1800. The average Bonchev–Trinajstić information content (AvgIpc) is 1.76. The van der Waals surface area contributed by atoms with Crippen LogP contribution in [0.3, 0.4) is 0 Å². The molecule has 0 radical (unpaired) electrons. The zero-order chi connectivity index (χ0) is 68.0. The van der Waals surface area contributed by atoms with Gasteiger partial charge in [0.2, 0.25) is 0 Å². The van der Waals surface area contributed by atoms with Crippen molar-refractivity contribution in [3.05, 3.63) is 0 Å². The van der Waals surface area contributed by atoms with Crippen LogP contribution in [-0.2, 0) is 65.4 Å². The highest BCUT2D eigenvalue weighted by Gasteiger charge is 2.30. The molecular formula is C73H142O17P2. The molecule has 17 nitrogen and oxygen atoms in total. The lowest BCUT2D eigenvalue weighted by atomic mass is 10.0. The summed E-state index contributed by atoms with van der Waals surface area (Å²) in [5.74, 6) is 0.200. The van der Waals surface area contributed by atoms with Crippen LogP contribution in [0.4, 0.5) is 0 Å². The van der Waals surface area contributed by atoms with E-state index in [4.69, 9.17) is 37.0 Å². The third-order valence-corrected chi connectivity index (χ3v) is 18.8. The van der Waals surface area contributed by atoms with Gasteiger partial charge in [0.05, 0.1) is 26.4 Å². The first-order valence-corrected chi connectivity index (χ1v) is 40.8. The van der Waals surface area contributed by atoms with Gasteiger partial charge < -0.3 is 33.8 Å². The maximum Gasteiger partial charge on any atom is 0.472 e. The van der Waals surface area contributed by atoms with Gasteiger partial charge in [0.1, 0.15) is 19.3 Å². The Morgan fingerprint density at radius 3 is 0.739 bits per heavy atom. The molecule has 0 aliphatic heterocycles. The Labute approximate surface area is 562 Å². The van der Waals surface area contributed by atoms with Crippen LogP contribution in [0.2, 0.25) is 0 Å². The van der Waals surface area contributed by atoms with Gasteiger partial charge in [-0.05, 0) is 43.4 Å². The van der Waals surface area contributed by atoms with Crippen LogP contribution in [0.15, 0.2) is 0 Å². The smallest absolute Gasteiger partial charge is 0.462 e. The quantitative estimate of drug-likeness (QED) is 0.0222. The Hall–Kier alpha value is -1.94. The summed E-state index contributed by atoms with van der Waals surface area (Å²) in [5.41, 5.74) is 0. The van der Waals surface area contributed by atoms with E-state index >= 15 is 0 Å². The first-order valence-electron chi connectivity index (χ1n) is 37.8. The van der Waals surface area contributed by atoms with Crippen LogP contribution in [-0.4, -0.2) is 96.7 Å². The summed E-state index contributed by atoms with van der Waals surface area (Å²) in [5, 5.41) is 10.6. The molecule has 0 amide bonds. The van der Waals surface area contributed by atoms with Gasteiger partial charge in [-0.2, -0.15) is 0 Å². The number of hydrogen-bond acceptors (Lipinski definition) is 15. The fourth-order valence-electron chi connectivity index (χ4n) is 11.1. The molecule has 92 heavy (non-hydrogen) atoms. The molecule has 0 bridgehead atoms. The molecule has 0 saturated heterocycles. The predicted molar refractivity (Wildman–Crippen MR) is 372 cm³/mol. The number of unbranched alkanes of at least 4 members (excludes halogenated alkanes) is 39. The number of rotatable bonds is 71. The zero-order valence-corrected chi connectivity index (χ0v) is 61.8. The summed E-state index contributed by atoms with van der Waals surface area (Å²) in [6.07, 6.45) is 48.7. The molecule has 3 N–H and O–H groups in total. The number of ether oxygens (including phenoxy) is 4. The van der Waals surface area contributed by atoms with E-state index in [1.54, 1.807) is 0 Å². The molecule has 19 heteroatoms. The molecule has 0 rings (SSSR count). The summed E-state index contributed by atoms with van der Waals surface area (Å²) in [7, 11) is -9.90. The minimum Gasteiger partial charge on any atom is -0.462 e. The monoisotopic (exact) mass is 1350 g/mol. The van der Waals surface area contributed by atoms with E-state index in [9.17, 15) is 43.2 Å². The second-order valence-corrected chi connectivity index (χ2v) is 30.7. The number of phosphoric ester groups is 2. The predicted octanol–water partition coefficient (Wildman–Crippen LogP) is 21.0. The van der Waals surface area contributed by atoms with Crippen LogP contribution in [0.5, 0.6) is 0 Å². The van der Waals surface area contributed by atoms with Crippen molar-refractivity contribution in [1.29, 1.82) is 0 Å². The van der Waals surface area contributed by atoms with Crippen molar-refractivity contribution in [2.24, 2.45) is 17.8 Å². The highest BCUT2D eigenvalue weighted by molar-refractivity contribution is 7.47. The van der Waals surface area contributed by atoms with Crippen molar-refractivity contribution in [2.45, 2.75) is 388 Å². The van der Waals surface area contributed by atoms with Crippen LogP contribution in [0, 0.1) is 17.8 Å². The summed E-state index contributed by atoms with van der Waals surface area (Å²) in [4.78, 5) is 72.6. The minimum absolute atomic E-state index is 0.105. The van der Waals surface area contributed by atoms with Crippen LogP contribution in [0.1, 0.15) is 370 Å². The highest BCUT2D eigenvalue weighted by atomic mass is 31.2. The van der Waals surface area contributed by atoms with Gasteiger partial charge in [0, 0.05) is 25.7 Å². The van der Waals surface area contributed by atoms with Crippen molar-refractivity contribution in [1.82, 2.24) is 0 Å². The molecule has 5 atom stereocenters. The van der Waals surface area contributed by atoms with E-state index in [0.29, 0.717) is 25.7 Å². The molecule has 0 aromatic heterocycles. The standard InChI is InChI=1S/C73H142O17P2/c1-8-9-10-11-30-40-47-54-70(75)83-60-68(89-73(78)57-50-43-36-29-23-22-26-33-39-46-53-66(6)7)62-87-91(79,80)85-58-67(74)59-86-92(81,82)88-63-69(61-84-71(76)55-48-41-34-27-21-17-19-25-32-38-45-52-65(4)5)90-72(77)56-49-42-35-28-20-16-14-12-13-15-18-24-31-37-44-51-64(2)3/h64-69,74H,8-63H2,1-7H3,(H,79,80)(H,81,82)/t67-,68+,69+/m0/s1. The largest absolute Gasteiger partial charge is 0.472 e. The molecular weight excluding hydrogens is 1210 g/mol. The fourth-order valence-corrected chi connectivity index (χ4v) is 12.7. The molecule has 0 heterocycles. The lowest BCUT2D eigenvalue weighted by molar-refractivity contribution is -0.161. The van der Waals surface area contributed by atoms with Crippen LogP contribution < -0.4 is 0 Å². The zero-order valence-electron chi connectivity index (χ0n) is 60.0. The molecule has 2 unspecified atom stereocenters. The van der Waals surface area contributed by atoms with Crippen molar-refractivity contribution in [2.75, 3.05) is 39.6 Å². The van der Waals surface area contributed by atoms with E-state index in [1.165, 1.54) is 167 Å². The number of aliphatic hydroxyl groups is 1. The van der Waals surface area contributed by atoms with E-state index in [2.05, 4.69) is 48.5 Å². The van der Waals surface area contributed by atoms with E-state index < -0.39 is 97.5 Å². The lowest BCUT2D eigenvalue weighted by Crippen LogP contribution is -2.30. The number of carbonyl (C=O) groups is 4. The Morgan fingerprint density at radius 2 is 0.500 bits per heavy atom.